The highest BCUT2D eigenvalue weighted by Gasteiger charge is 2.59. The van der Waals surface area contributed by atoms with E-state index < -0.39 is 23.9 Å². The zero-order valence-electron chi connectivity index (χ0n) is 10.9. The number of rotatable bonds is 1. The number of carbonyl (C=O) groups is 1. The second kappa shape index (κ2) is 4.62. The van der Waals surface area contributed by atoms with Gasteiger partial charge in [0, 0.05) is 17.7 Å². The summed E-state index contributed by atoms with van der Waals surface area (Å²) in [6.45, 7) is 0. The minimum absolute atomic E-state index is 0.0420. The largest absolute Gasteiger partial charge is 0.416 e. The SMILES string of the molecule is O=C1C[C@@](c2ccccc2)(C(F)(F)F)Nc2ccccc21. The number of ketones is 1. The molecule has 1 aliphatic rings. The summed E-state index contributed by atoms with van der Waals surface area (Å²) in [6.07, 6.45) is -5.23. The Morgan fingerprint density at radius 3 is 2.24 bits per heavy atom. The molecule has 1 heterocycles. The molecule has 2 aromatic carbocycles. The summed E-state index contributed by atoms with van der Waals surface area (Å²) < 4.78 is 41.2. The van der Waals surface area contributed by atoms with E-state index >= 15 is 0 Å². The van der Waals surface area contributed by atoms with Crippen LogP contribution in [0.2, 0.25) is 0 Å². The molecule has 0 bridgehead atoms. The molecule has 3 rings (SSSR count). The zero-order valence-corrected chi connectivity index (χ0v) is 10.9. The highest BCUT2D eigenvalue weighted by atomic mass is 19.4. The van der Waals surface area contributed by atoms with Gasteiger partial charge in [0.15, 0.2) is 11.3 Å². The van der Waals surface area contributed by atoms with E-state index in [2.05, 4.69) is 5.32 Å². The fourth-order valence-electron chi connectivity index (χ4n) is 2.68. The van der Waals surface area contributed by atoms with Gasteiger partial charge in [-0.05, 0) is 17.7 Å². The summed E-state index contributed by atoms with van der Waals surface area (Å²) in [4.78, 5) is 12.2. The third-order valence-corrected chi connectivity index (χ3v) is 3.75. The van der Waals surface area contributed by atoms with Crippen LogP contribution in [0.3, 0.4) is 0 Å². The van der Waals surface area contributed by atoms with Crippen LogP contribution in [-0.4, -0.2) is 12.0 Å². The van der Waals surface area contributed by atoms with Crippen molar-refractivity contribution < 1.29 is 18.0 Å². The van der Waals surface area contributed by atoms with Gasteiger partial charge in [0.2, 0.25) is 0 Å². The molecule has 0 saturated carbocycles. The first-order chi connectivity index (χ1) is 9.94. The second-order valence-corrected chi connectivity index (χ2v) is 5.04. The van der Waals surface area contributed by atoms with Crippen molar-refractivity contribution in [3.8, 4) is 0 Å². The summed E-state index contributed by atoms with van der Waals surface area (Å²) >= 11 is 0. The third kappa shape index (κ3) is 2.09. The van der Waals surface area contributed by atoms with E-state index in [9.17, 15) is 18.0 Å². The lowest BCUT2D eigenvalue weighted by Crippen LogP contribution is -2.52. The molecule has 0 unspecified atom stereocenters. The van der Waals surface area contributed by atoms with Gasteiger partial charge in [0.25, 0.3) is 0 Å². The van der Waals surface area contributed by atoms with E-state index in [1.54, 1.807) is 18.2 Å². The zero-order chi connectivity index (χ0) is 15.1. The molecule has 108 valence electrons. The van der Waals surface area contributed by atoms with Crippen molar-refractivity contribution in [1.82, 2.24) is 0 Å². The van der Waals surface area contributed by atoms with Gasteiger partial charge in [-0.2, -0.15) is 13.2 Å². The van der Waals surface area contributed by atoms with E-state index in [-0.39, 0.29) is 11.3 Å². The molecule has 0 amide bonds. The van der Waals surface area contributed by atoms with E-state index in [4.69, 9.17) is 0 Å². The first-order valence-corrected chi connectivity index (χ1v) is 6.47. The van der Waals surface area contributed by atoms with Gasteiger partial charge in [-0.15, -0.1) is 0 Å². The molecular weight excluding hydrogens is 279 g/mol. The first-order valence-electron chi connectivity index (χ1n) is 6.47. The smallest absolute Gasteiger partial charge is 0.367 e. The van der Waals surface area contributed by atoms with Crippen molar-refractivity contribution in [2.24, 2.45) is 0 Å². The monoisotopic (exact) mass is 291 g/mol. The van der Waals surface area contributed by atoms with Crippen LogP contribution in [0.4, 0.5) is 18.9 Å². The van der Waals surface area contributed by atoms with Crippen LogP contribution in [0, 0.1) is 0 Å². The predicted octanol–water partition coefficient (Wildman–Crippen LogP) is 4.14. The Bertz CT molecular complexity index is 681. The molecule has 0 radical (unpaired) electrons. The molecule has 0 aromatic heterocycles. The normalized spacial score (nSPS) is 21.6. The standard InChI is InChI=1S/C16H12F3NO/c17-16(18,19)15(11-6-2-1-3-7-11)10-14(21)12-8-4-5-9-13(12)20-15/h1-9,20H,10H2/t15-/m1/s1. The highest BCUT2D eigenvalue weighted by molar-refractivity contribution is 6.04. The molecule has 2 aromatic rings. The average molecular weight is 291 g/mol. The first kappa shape index (κ1) is 13.7. The molecular formula is C16H12F3NO. The van der Waals surface area contributed by atoms with Crippen molar-refractivity contribution in [2.75, 3.05) is 5.32 Å². The summed E-state index contributed by atoms with van der Waals surface area (Å²) in [5, 5.41) is 2.55. The Kier molecular flexibility index (Phi) is 3.01. The highest BCUT2D eigenvalue weighted by Crippen LogP contribution is 2.48. The molecule has 21 heavy (non-hydrogen) atoms. The number of fused-ring (bicyclic) bond motifs is 1. The molecule has 0 spiro atoms. The summed E-state index contributed by atoms with van der Waals surface area (Å²) in [5.41, 5.74) is -1.82. The molecule has 1 N–H and O–H groups in total. The molecule has 2 nitrogen and oxygen atoms in total. The molecule has 5 heteroatoms. The summed E-state index contributed by atoms with van der Waals surface area (Å²) in [7, 11) is 0. The van der Waals surface area contributed by atoms with Crippen LogP contribution in [0.25, 0.3) is 0 Å². The lowest BCUT2D eigenvalue weighted by Gasteiger charge is -2.40. The van der Waals surface area contributed by atoms with Crippen molar-refractivity contribution in [2.45, 2.75) is 18.1 Å². The van der Waals surface area contributed by atoms with Gasteiger partial charge in [-0.3, -0.25) is 4.79 Å². The number of alkyl halides is 3. The number of para-hydroxylation sites is 1. The van der Waals surface area contributed by atoms with Gasteiger partial charge >= 0.3 is 6.18 Å². The second-order valence-electron chi connectivity index (χ2n) is 5.04. The van der Waals surface area contributed by atoms with Crippen LogP contribution >= 0.6 is 0 Å². The molecule has 0 aliphatic carbocycles. The Morgan fingerprint density at radius 2 is 1.57 bits per heavy atom. The van der Waals surface area contributed by atoms with E-state index in [1.807, 2.05) is 0 Å². The van der Waals surface area contributed by atoms with Crippen molar-refractivity contribution in [3.63, 3.8) is 0 Å². The topological polar surface area (TPSA) is 29.1 Å². The average Bonchev–Trinajstić information content (AvgIpc) is 2.47. The summed E-state index contributed by atoms with van der Waals surface area (Å²) in [5.74, 6) is -0.509. The van der Waals surface area contributed by atoms with Crippen molar-refractivity contribution >= 4 is 11.5 Å². The van der Waals surface area contributed by atoms with Crippen LogP contribution in [0.1, 0.15) is 22.3 Å². The number of benzene rings is 2. The Hall–Kier alpha value is -2.30. The Balaban J connectivity index is 2.19. The van der Waals surface area contributed by atoms with Gasteiger partial charge in [-0.25, -0.2) is 0 Å². The van der Waals surface area contributed by atoms with Crippen LogP contribution < -0.4 is 5.32 Å². The Labute approximate surface area is 119 Å². The van der Waals surface area contributed by atoms with Crippen molar-refractivity contribution in [1.29, 1.82) is 0 Å². The number of halogens is 3. The number of Topliss-reactive ketones (excluding diaryl/α,β-unsaturated/α-hetero) is 1. The van der Waals surface area contributed by atoms with Gasteiger partial charge in [0.1, 0.15) is 0 Å². The minimum atomic E-state index is -4.59. The summed E-state index contributed by atoms with van der Waals surface area (Å²) in [6, 6.07) is 13.8. The quantitative estimate of drug-likeness (QED) is 0.855. The van der Waals surface area contributed by atoms with Gasteiger partial charge in [-0.1, -0.05) is 42.5 Å². The molecule has 0 fully saturated rings. The van der Waals surface area contributed by atoms with E-state index in [0.717, 1.165) is 0 Å². The predicted molar refractivity (Wildman–Crippen MR) is 73.2 cm³/mol. The third-order valence-electron chi connectivity index (χ3n) is 3.75. The molecule has 0 saturated heterocycles. The van der Waals surface area contributed by atoms with E-state index in [1.165, 1.54) is 36.4 Å². The number of nitrogens with one attached hydrogen (secondary N) is 1. The van der Waals surface area contributed by atoms with Crippen molar-refractivity contribution in [3.05, 3.63) is 65.7 Å². The minimum Gasteiger partial charge on any atom is -0.367 e. The van der Waals surface area contributed by atoms with Crippen LogP contribution in [0.15, 0.2) is 54.6 Å². The molecule has 1 aliphatic heterocycles. The van der Waals surface area contributed by atoms with Gasteiger partial charge in [0.05, 0.1) is 0 Å². The number of carbonyl (C=O) groups excluding carboxylic acids is 1. The number of hydrogen-bond acceptors (Lipinski definition) is 2. The molecule has 1 atom stereocenters. The number of hydrogen-bond donors (Lipinski definition) is 1. The van der Waals surface area contributed by atoms with Gasteiger partial charge < -0.3 is 5.32 Å². The van der Waals surface area contributed by atoms with E-state index in [0.29, 0.717) is 5.56 Å². The number of anilines is 1. The fraction of sp³-hybridized carbons (Fsp3) is 0.188. The van der Waals surface area contributed by atoms with Crippen LogP contribution in [0.5, 0.6) is 0 Å². The maximum atomic E-state index is 13.7. The lowest BCUT2D eigenvalue weighted by atomic mass is 9.79. The lowest BCUT2D eigenvalue weighted by molar-refractivity contribution is -0.182. The van der Waals surface area contributed by atoms with Crippen LogP contribution in [-0.2, 0) is 5.54 Å². The maximum Gasteiger partial charge on any atom is 0.416 e. The fourth-order valence-corrected chi connectivity index (χ4v) is 2.68. The Morgan fingerprint density at radius 1 is 0.952 bits per heavy atom. The maximum absolute atomic E-state index is 13.7.